The first-order chi connectivity index (χ1) is 13.1. The van der Waals surface area contributed by atoms with Crippen molar-refractivity contribution >= 4 is 11.6 Å². The maximum absolute atomic E-state index is 12.7. The van der Waals surface area contributed by atoms with Gasteiger partial charge in [0.05, 0.1) is 33.1 Å². The molecule has 0 spiro atoms. The number of hydrogen-bond donors (Lipinski definition) is 1. The molecule has 1 amide bonds. The molecule has 0 aliphatic heterocycles. The van der Waals surface area contributed by atoms with Crippen molar-refractivity contribution in [2.75, 3.05) is 32.8 Å². The number of methoxy groups -OCH3 is 2. The standard InChI is InChI=1S/C21H27NO5/c1-5-11-26-18-10-7-15(13-20(18)27-12-6-2)21(23)22-17-9-8-16(24-3)14-19(17)25-4/h7-10,13-14H,5-6,11-12H2,1-4H3,(H,22,23). The van der Waals surface area contributed by atoms with Crippen LogP contribution in [0.4, 0.5) is 5.69 Å². The number of ether oxygens (including phenoxy) is 4. The van der Waals surface area contributed by atoms with E-state index in [-0.39, 0.29) is 5.91 Å². The lowest BCUT2D eigenvalue weighted by atomic mass is 10.1. The van der Waals surface area contributed by atoms with Gasteiger partial charge in [-0.25, -0.2) is 0 Å². The SMILES string of the molecule is CCCOc1ccc(C(=O)Nc2ccc(OC)cc2OC)cc1OCCC. The van der Waals surface area contributed by atoms with Crippen LogP contribution in [-0.4, -0.2) is 33.3 Å². The van der Waals surface area contributed by atoms with Gasteiger partial charge < -0.3 is 24.3 Å². The van der Waals surface area contributed by atoms with Gasteiger partial charge in [0, 0.05) is 11.6 Å². The smallest absolute Gasteiger partial charge is 0.255 e. The van der Waals surface area contributed by atoms with Crippen molar-refractivity contribution in [1.82, 2.24) is 0 Å². The van der Waals surface area contributed by atoms with Gasteiger partial charge in [-0.3, -0.25) is 4.79 Å². The van der Waals surface area contributed by atoms with E-state index < -0.39 is 0 Å². The molecular weight excluding hydrogens is 346 g/mol. The zero-order valence-electron chi connectivity index (χ0n) is 16.3. The molecule has 6 heteroatoms. The van der Waals surface area contributed by atoms with Crippen molar-refractivity contribution in [2.45, 2.75) is 26.7 Å². The van der Waals surface area contributed by atoms with E-state index in [4.69, 9.17) is 18.9 Å². The van der Waals surface area contributed by atoms with Crippen LogP contribution in [0.25, 0.3) is 0 Å². The van der Waals surface area contributed by atoms with Crippen molar-refractivity contribution in [3.05, 3.63) is 42.0 Å². The van der Waals surface area contributed by atoms with Crippen molar-refractivity contribution < 1.29 is 23.7 Å². The van der Waals surface area contributed by atoms with E-state index in [9.17, 15) is 4.79 Å². The summed E-state index contributed by atoms with van der Waals surface area (Å²) in [6.07, 6.45) is 1.76. The molecule has 0 fully saturated rings. The number of hydrogen-bond acceptors (Lipinski definition) is 5. The van der Waals surface area contributed by atoms with Crippen LogP contribution in [0.15, 0.2) is 36.4 Å². The normalized spacial score (nSPS) is 10.2. The van der Waals surface area contributed by atoms with E-state index in [2.05, 4.69) is 5.32 Å². The average molecular weight is 373 g/mol. The number of carbonyl (C=O) groups excluding carboxylic acids is 1. The van der Waals surface area contributed by atoms with Crippen LogP contribution >= 0.6 is 0 Å². The fourth-order valence-corrected chi connectivity index (χ4v) is 2.40. The molecule has 0 bridgehead atoms. The third kappa shape index (κ3) is 5.54. The molecule has 0 aliphatic carbocycles. The summed E-state index contributed by atoms with van der Waals surface area (Å²) in [6, 6.07) is 10.4. The second-order valence-corrected chi connectivity index (χ2v) is 5.88. The molecule has 146 valence electrons. The molecule has 27 heavy (non-hydrogen) atoms. The number of rotatable bonds is 10. The van der Waals surface area contributed by atoms with Gasteiger partial charge in [0.25, 0.3) is 5.91 Å². The summed E-state index contributed by atoms with van der Waals surface area (Å²) in [7, 11) is 3.12. The Kier molecular flexibility index (Phi) is 7.79. The Morgan fingerprint density at radius 3 is 2.19 bits per heavy atom. The van der Waals surface area contributed by atoms with Gasteiger partial charge in [0.2, 0.25) is 0 Å². The Hall–Kier alpha value is -2.89. The minimum absolute atomic E-state index is 0.262. The fourth-order valence-electron chi connectivity index (χ4n) is 2.40. The Morgan fingerprint density at radius 1 is 0.852 bits per heavy atom. The summed E-state index contributed by atoms with van der Waals surface area (Å²) in [5.74, 6) is 2.12. The van der Waals surface area contributed by atoms with Crippen LogP contribution in [0.5, 0.6) is 23.0 Å². The Bertz CT molecular complexity index is 760. The molecule has 0 saturated heterocycles. The lowest BCUT2D eigenvalue weighted by Crippen LogP contribution is -2.13. The minimum atomic E-state index is -0.262. The molecule has 0 unspecified atom stereocenters. The van der Waals surface area contributed by atoms with Crippen LogP contribution < -0.4 is 24.3 Å². The second kappa shape index (κ2) is 10.3. The minimum Gasteiger partial charge on any atom is -0.497 e. The van der Waals surface area contributed by atoms with E-state index in [0.717, 1.165) is 12.8 Å². The molecule has 0 saturated carbocycles. The molecule has 0 aromatic heterocycles. The monoisotopic (exact) mass is 373 g/mol. The molecule has 0 atom stereocenters. The van der Waals surface area contributed by atoms with Crippen molar-refractivity contribution in [3.63, 3.8) is 0 Å². The third-order valence-corrected chi connectivity index (χ3v) is 3.79. The highest BCUT2D eigenvalue weighted by Crippen LogP contribution is 2.31. The number of carbonyl (C=O) groups is 1. The summed E-state index contributed by atoms with van der Waals surface area (Å²) in [4.78, 5) is 12.7. The van der Waals surface area contributed by atoms with Gasteiger partial charge in [-0.05, 0) is 43.2 Å². The molecule has 2 aromatic carbocycles. The van der Waals surface area contributed by atoms with Crippen molar-refractivity contribution in [3.8, 4) is 23.0 Å². The van der Waals surface area contributed by atoms with E-state index in [1.807, 2.05) is 13.8 Å². The van der Waals surface area contributed by atoms with E-state index >= 15 is 0 Å². The molecule has 0 heterocycles. The van der Waals surface area contributed by atoms with E-state index in [1.165, 1.54) is 0 Å². The van der Waals surface area contributed by atoms with Crippen LogP contribution in [-0.2, 0) is 0 Å². The predicted molar refractivity (Wildman–Crippen MR) is 106 cm³/mol. The van der Waals surface area contributed by atoms with Crippen LogP contribution in [0, 0.1) is 0 Å². The van der Waals surface area contributed by atoms with E-state index in [0.29, 0.717) is 47.5 Å². The summed E-state index contributed by atoms with van der Waals surface area (Å²) in [5.41, 5.74) is 1.04. The highest BCUT2D eigenvalue weighted by Gasteiger charge is 2.14. The predicted octanol–water partition coefficient (Wildman–Crippen LogP) is 4.53. The zero-order chi connectivity index (χ0) is 19.6. The Morgan fingerprint density at radius 2 is 1.56 bits per heavy atom. The number of amides is 1. The van der Waals surface area contributed by atoms with Gasteiger partial charge >= 0.3 is 0 Å². The lowest BCUT2D eigenvalue weighted by Gasteiger charge is -2.14. The zero-order valence-corrected chi connectivity index (χ0v) is 16.3. The molecule has 2 rings (SSSR count). The molecule has 6 nitrogen and oxygen atoms in total. The van der Waals surface area contributed by atoms with Gasteiger partial charge in [0.1, 0.15) is 11.5 Å². The lowest BCUT2D eigenvalue weighted by molar-refractivity contribution is 0.102. The van der Waals surface area contributed by atoms with Gasteiger partial charge in [-0.15, -0.1) is 0 Å². The van der Waals surface area contributed by atoms with Crippen molar-refractivity contribution in [1.29, 1.82) is 0 Å². The maximum atomic E-state index is 12.7. The Balaban J connectivity index is 2.22. The summed E-state index contributed by atoms with van der Waals surface area (Å²) < 4.78 is 22.0. The van der Waals surface area contributed by atoms with Gasteiger partial charge in [-0.2, -0.15) is 0 Å². The molecule has 0 aliphatic rings. The molecule has 0 radical (unpaired) electrons. The molecule has 1 N–H and O–H groups in total. The van der Waals surface area contributed by atoms with Gasteiger partial charge in [0.15, 0.2) is 11.5 Å². The second-order valence-electron chi connectivity index (χ2n) is 5.88. The number of benzene rings is 2. The summed E-state index contributed by atoms with van der Waals surface area (Å²) in [6.45, 7) is 5.21. The fraction of sp³-hybridized carbons (Fsp3) is 0.381. The topological polar surface area (TPSA) is 66.0 Å². The summed E-state index contributed by atoms with van der Waals surface area (Å²) in [5, 5.41) is 2.86. The third-order valence-electron chi connectivity index (χ3n) is 3.79. The first-order valence-electron chi connectivity index (χ1n) is 9.05. The largest absolute Gasteiger partial charge is 0.497 e. The number of nitrogens with one attached hydrogen (secondary N) is 1. The highest BCUT2D eigenvalue weighted by molar-refractivity contribution is 6.05. The van der Waals surface area contributed by atoms with Crippen LogP contribution in [0.1, 0.15) is 37.0 Å². The van der Waals surface area contributed by atoms with Gasteiger partial charge in [-0.1, -0.05) is 13.8 Å². The maximum Gasteiger partial charge on any atom is 0.255 e. The summed E-state index contributed by atoms with van der Waals surface area (Å²) >= 11 is 0. The first kappa shape index (κ1) is 20.4. The Labute approximate surface area is 160 Å². The average Bonchev–Trinajstić information content (AvgIpc) is 2.71. The molecular formula is C21H27NO5. The molecule has 2 aromatic rings. The first-order valence-corrected chi connectivity index (χ1v) is 9.05. The highest BCUT2D eigenvalue weighted by atomic mass is 16.5. The number of anilines is 1. The van der Waals surface area contributed by atoms with Crippen molar-refractivity contribution in [2.24, 2.45) is 0 Å². The quantitative estimate of drug-likeness (QED) is 0.663. The van der Waals surface area contributed by atoms with Crippen LogP contribution in [0.2, 0.25) is 0 Å². The van der Waals surface area contributed by atoms with E-state index in [1.54, 1.807) is 50.6 Å². The van der Waals surface area contributed by atoms with Crippen LogP contribution in [0.3, 0.4) is 0 Å².